The van der Waals surface area contributed by atoms with Crippen molar-refractivity contribution < 1.29 is 0 Å². The van der Waals surface area contributed by atoms with E-state index in [0.29, 0.717) is 5.41 Å². The first kappa shape index (κ1) is 18.8. The third-order valence-electron chi connectivity index (χ3n) is 4.56. The highest BCUT2D eigenvalue weighted by Gasteiger charge is 2.21. The number of rotatable bonds is 7. The fraction of sp³-hybridized carbons (Fsp3) is 0.700. The minimum Gasteiger partial charge on any atom is -0.272 e. The van der Waals surface area contributed by atoms with Gasteiger partial charge in [-0.2, -0.15) is 10.2 Å². The predicted molar refractivity (Wildman–Crippen MR) is 100 cm³/mol. The van der Waals surface area contributed by atoms with Gasteiger partial charge in [0, 0.05) is 25.0 Å². The van der Waals surface area contributed by atoms with Gasteiger partial charge in [0.15, 0.2) is 0 Å². The van der Waals surface area contributed by atoms with Crippen molar-refractivity contribution in [1.29, 1.82) is 0 Å². The highest BCUT2D eigenvalue weighted by Crippen LogP contribution is 2.27. The normalized spacial score (nSPS) is 12.8. The standard InChI is InChI=1S/C20H34N4/c1-16-8-11-23(21-16)12-10-20(6,7)15-18-14-17(2)24(22-18)13-9-19(3,4)5/h8,11,14H,9-10,12-13,15H2,1-7H3. The van der Waals surface area contributed by atoms with Crippen molar-refractivity contribution in [1.82, 2.24) is 19.6 Å². The Kier molecular flexibility index (Phi) is 5.56. The molecule has 0 saturated heterocycles. The second-order valence-corrected chi connectivity index (χ2v) is 9.12. The zero-order valence-corrected chi connectivity index (χ0v) is 16.6. The van der Waals surface area contributed by atoms with Crippen molar-refractivity contribution in [3.05, 3.63) is 35.4 Å². The third-order valence-corrected chi connectivity index (χ3v) is 4.56. The largest absolute Gasteiger partial charge is 0.272 e. The van der Waals surface area contributed by atoms with Gasteiger partial charge < -0.3 is 0 Å². The van der Waals surface area contributed by atoms with Crippen molar-refractivity contribution in [2.75, 3.05) is 0 Å². The number of hydrogen-bond donors (Lipinski definition) is 0. The Balaban J connectivity index is 1.93. The molecule has 0 aromatic carbocycles. The summed E-state index contributed by atoms with van der Waals surface area (Å²) in [5.74, 6) is 0. The fourth-order valence-corrected chi connectivity index (χ4v) is 2.92. The minimum absolute atomic E-state index is 0.218. The van der Waals surface area contributed by atoms with Crippen molar-refractivity contribution in [2.45, 2.75) is 80.8 Å². The lowest BCUT2D eigenvalue weighted by Crippen LogP contribution is -2.19. The van der Waals surface area contributed by atoms with E-state index in [-0.39, 0.29) is 5.41 Å². The van der Waals surface area contributed by atoms with E-state index < -0.39 is 0 Å². The van der Waals surface area contributed by atoms with Crippen LogP contribution < -0.4 is 0 Å². The van der Waals surface area contributed by atoms with Gasteiger partial charge in [0.1, 0.15) is 0 Å². The second-order valence-electron chi connectivity index (χ2n) is 9.12. The molecule has 2 aromatic rings. The maximum absolute atomic E-state index is 4.85. The smallest absolute Gasteiger partial charge is 0.0632 e. The molecule has 2 rings (SSSR count). The van der Waals surface area contributed by atoms with E-state index in [0.717, 1.165) is 38.0 Å². The molecule has 0 aliphatic rings. The molecule has 24 heavy (non-hydrogen) atoms. The average Bonchev–Trinajstić information content (AvgIpc) is 2.99. The summed E-state index contributed by atoms with van der Waals surface area (Å²) in [5, 5.41) is 9.33. The van der Waals surface area contributed by atoms with E-state index in [1.54, 1.807) is 0 Å². The Morgan fingerprint density at radius 2 is 1.67 bits per heavy atom. The molecule has 4 heteroatoms. The summed E-state index contributed by atoms with van der Waals surface area (Å²) in [7, 11) is 0. The van der Waals surface area contributed by atoms with Crippen LogP contribution in [-0.4, -0.2) is 19.6 Å². The van der Waals surface area contributed by atoms with Gasteiger partial charge in [-0.15, -0.1) is 0 Å². The molecule has 0 aliphatic carbocycles. The molecule has 2 aromatic heterocycles. The molecular formula is C20H34N4. The molecule has 0 amide bonds. The van der Waals surface area contributed by atoms with Gasteiger partial charge in [-0.3, -0.25) is 9.36 Å². The number of aromatic nitrogens is 4. The maximum atomic E-state index is 4.85. The van der Waals surface area contributed by atoms with Gasteiger partial charge in [0.05, 0.1) is 11.4 Å². The quantitative estimate of drug-likeness (QED) is 0.731. The van der Waals surface area contributed by atoms with Crippen molar-refractivity contribution in [3.8, 4) is 0 Å². The summed E-state index contributed by atoms with van der Waals surface area (Å²) < 4.78 is 4.22. The van der Waals surface area contributed by atoms with E-state index in [4.69, 9.17) is 5.10 Å². The van der Waals surface area contributed by atoms with E-state index in [9.17, 15) is 0 Å². The Morgan fingerprint density at radius 3 is 2.25 bits per heavy atom. The summed E-state index contributed by atoms with van der Waals surface area (Å²) >= 11 is 0. The average molecular weight is 331 g/mol. The molecule has 0 spiro atoms. The molecule has 2 heterocycles. The second kappa shape index (κ2) is 7.12. The molecule has 0 N–H and O–H groups in total. The van der Waals surface area contributed by atoms with E-state index in [1.807, 2.05) is 11.6 Å². The SMILES string of the molecule is Cc1ccn(CCC(C)(C)Cc2cc(C)n(CCC(C)(C)C)n2)n1. The highest BCUT2D eigenvalue weighted by molar-refractivity contribution is 5.10. The van der Waals surface area contributed by atoms with Gasteiger partial charge in [0.25, 0.3) is 0 Å². The summed E-state index contributed by atoms with van der Waals surface area (Å²) in [4.78, 5) is 0. The first-order valence-corrected chi connectivity index (χ1v) is 9.08. The summed E-state index contributed by atoms with van der Waals surface area (Å²) in [6.07, 6.45) is 5.33. The van der Waals surface area contributed by atoms with Gasteiger partial charge in [-0.25, -0.2) is 0 Å². The van der Waals surface area contributed by atoms with Crippen molar-refractivity contribution >= 4 is 0 Å². The zero-order valence-electron chi connectivity index (χ0n) is 16.6. The highest BCUT2D eigenvalue weighted by atomic mass is 15.3. The van der Waals surface area contributed by atoms with Crippen LogP contribution in [0.15, 0.2) is 18.3 Å². The summed E-state index contributed by atoms with van der Waals surface area (Å²) in [6.45, 7) is 17.7. The molecule has 0 fully saturated rings. The Labute approximate surface area is 147 Å². The van der Waals surface area contributed by atoms with Crippen LogP contribution in [-0.2, 0) is 19.5 Å². The van der Waals surface area contributed by atoms with E-state index in [1.165, 1.54) is 11.4 Å². The van der Waals surface area contributed by atoms with Crippen molar-refractivity contribution in [2.24, 2.45) is 10.8 Å². The topological polar surface area (TPSA) is 35.6 Å². The molecule has 0 radical (unpaired) electrons. The molecule has 0 unspecified atom stereocenters. The fourth-order valence-electron chi connectivity index (χ4n) is 2.92. The number of nitrogens with zero attached hydrogens (tertiary/aromatic N) is 4. The minimum atomic E-state index is 0.218. The van der Waals surface area contributed by atoms with Gasteiger partial charge >= 0.3 is 0 Å². The zero-order chi connectivity index (χ0) is 18.0. The lowest BCUT2D eigenvalue weighted by molar-refractivity contribution is 0.298. The van der Waals surface area contributed by atoms with Crippen LogP contribution in [0, 0.1) is 24.7 Å². The molecular weight excluding hydrogens is 296 g/mol. The number of hydrogen-bond acceptors (Lipinski definition) is 2. The Hall–Kier alpha value is -1.58. The van der Waals surface area contributed by atoms with Crippen LogP contribution in [0.5, 0.6) is 0 Å². The third kappa shape index (κ3) is 5.81. The van der Waals surface area contributed by atoms with Gasteiger partial charge in [-0.05, 0) is 56.1 Å². The Morgan fingerprint density at radius 1 is 0.958 bits per heavy atom. The molecule has 0 aliphatic heterocycles. The van der Waals surface area contributed by atoms with Crippen LogP contribution in [0.2, 0.25) is 0 Å². The number of aryl methyl sites for hydroxylation is 4. The van der Waals surface area contributed by atoms with Crippen LogP contribution in [0.25, 0.3) is 0 Å². The van der Waals surface area contributed by atoms with Crippen LogP contribution in [0.4, 0.5) is 0 Å². The molecule has 0 atom stereocenters. The lowest BCUT2D eigenvalue weighted by atomic mass is 9.84. The first-order chi connectivity index (χ1) is 11.0. The summed E-state index contributed by atoms with van der Waals surface area (Å²) in [6, 6.07) is 4.32. The maximum Gasteiger partial charge on any atom is 0.0632 e. The van der Waals surface area contributed by atoms with E-state index >= 15 is 0 Å². The molecule has 0 bridgehead atoms. The first-order valence-electron chi connectivity index (χ1n) is 9.08. The molecule has 134 valence electrons. The molecule has 0 saturated carbocycles. The monoisotopic (exact) mass is 330 g/mol. The van der Waals surface area contributed by atoms with Crippen LogP contribution in [0.1, 0.15) is 64.5 Å². The lowest BCUT2D eigenvalue weighted by Gasteiger charge is -2.23. The van der Waals surface area contributed by atoms with E-state index in [2.05, 4.69) is 69.7 Å². The predicted octanol–water partition coefficient (Wildman–Crippen LogP) is 4.79. The van der Waals surface area contributed by atoms with Crippen LogP contribution in [0.3, 0.4) is 0 Å². The van der Waals surface area contributed by atoms with Gasteiger partial charge in [0.2, 0.25) is 0 Å². The van der Waals surface area contributed by atoms with Crippen LogP contribution >= 0.6 is 0 Å². The molecule has 4 nitrogen and oxygen atoms in total. The van der Waals surface area contributed by atoms with Crippen molar-refractivity contribution in [3.63, 3.8) is 0 Å². The van der Waals surface area contributed by atoms with Gasteiger partial charge in [-0.1, -0.05) is 34.6 Å². The Bertz CT molecular complexity index is 655. The summed E-state index contributed by atoms with van der Waals surface area (Å²) in [5.41, 5.74) is 4.13.